The van der Waals surface area contributed by atoms with E-state index in [2.05, 4.69) is 277 Å². The van der Waals surface area contributed by atoms with Crippen LogP contribution in [-0.2, 0) is 20.1 Å². The first kappa shape index (κ1) is 60.4. The van der Waals surface area contributed by atoms with Crippen molar-refractivity contribution in [2.75, 3.05) is 0 Å². The summed E-state index contributed by atoms with van der Waals surface area (Å²) in [6.45, 7) is 9.08. The van der Waals surface area contributed by atoms with Gasteiger partial charge in [0, 0.05) is 68.5 Å². The number of benzene rings is 12. The van der Waals surface area contributed by atoms with Crippen molar-refractivity contribution in [3.63, 3.8) is 0 Å². The summed E-state index contributed by atoms with van der Waals surface area (Å²) in [5.74, 6) is 1.32. The van der Waals surface area contributed by atoms with E-state index in [1.807, 2.05) is 79.3 Å². The minimum Gasteiger partial charge on any atom is -0.500 e. The van der Waals surface area contributed by atoms with Gasteiger partial charge in [0.2, 0.25) is 0 Å². The molecule has 8 heteroatoms. The second-order valence-corrected chi connectivity index (χ2v) is 25.2. The third-order valence-corrected chi connectivity index (χ3v) is 18.7. The summed E-state index contributed by atoms with van der Waals surface area (Å²) >= 11 is 0. The number of fused-ring (bicyclic) bond motifs is 11. The quantitative estimate of drug-likeness (QED) is 0.121. The minimum atomic E-state index is 0. The van der Waals surface area contributed by atoms with Gasteiger partial charge in [0.15, 0.2) is 0 Å². The van der Waals surface area contributed by atoms with Crippen molar-refractivity contribution in [2.24, 2.45) is 0 Å². The Morgan fingerprint density at radius 1 is 0.381 bits per heavy atom. The first-order chi connectivity index (χ1) is 47.3. The SMILES string of the molecule is CC(C)c1cc(-c2ccc3c(c2)oc2ccccc23)cc(C(C)C)c1-n1ccnc1-c1[c-]ccc2c1oc1c3ccc(-c4ccccc4)cc3ccc21.[Ir+3].[c-]1ccccc1-c1cc(-c2cccc3c2c2cc(-c4cc[c-]c(-c5ccccn5)c4)ccc2n3-c2ccccc2)ccn1. The molecule has 0 amide bonds. The summed E-state index contributed by atoms with van der Waals surface area (Å²) in [6.07, 6.45) is 7.69. The van der Waals surface area contributed by atoms with Crippen LogP contribution in [0, 0.1) is 18.2 Å². The molecule has 0 N–H and O–H groups in total. The molecule has 0 bridgehead atoms. The molecule has 0 saturated carbocycles. The standard InChI is InChI=1S/C49H37N2O2.C40H25N3.Ir/c1-29(2)42-26-35(33-18-21-38-37-13-8-9-16-44(37)52-45(38)28-33)27-43(30(3)4)46(42)51-24-23-50-49(51)41-15-10-14-39-40-22-19-34-25-32(31-11-6-5-7-12-31)17-20-36(34)47(40)53-48(39)41;1-3-11-28(12-4-1)37-27-31(22-24-42-37)34-17-10-19-39-40(34)35-26-30(20-21-38(35)43(39)33-15-5-2-6-16-33)29-13-9-14-32(25-29)36-18-7-8-23-41-36;/h5-14,16-30H,1-4H3;1-11,13,15-27H;/q-1;-2;+3. The monoisotopic (exact) mass is 1430 g/mol. The molecule has 0 aliphatic rings. The Morgan fingerprint density at radius 2 is 1.07 bits per heavy atom. The van der Waals surface area contributed by atoms with E-state index in [1.165, 1.54) is 44.2 Å². The first-order valence-electron chi connectivity index (χ1n) is 32.7. The van der Waals surface area contributed by atoms with Gasteiger partial charge in [-0.1, -0.05) is 172 Å². The predicted molar refractivity (Wildman–Crippen MR) is 395 cm³/mol. The van der Waals surface area contributed by atoms with Crippen LogP contribution in [0.4, 0.5) is 0 Å². The van der Waals surface area contributed by atoms with Crippen molar-refractivity contribution in [1.29, 1.82) is 0 Å². The second-order valence-electron chi connectivity index (χ2n) is 25.2. The molecule has 18 rings (SSSR count). The fourth-order valence-electron chi connectivity index (χ4n) is 14.0. The molecule has 464 valence electrons. The van der Waals surface area contributed by atoms with Gasteiger partial charge in [0.05, 0.1) is 22.4 Å². The molecule has 0 unspecified atom stereocenters. The summed E-state index contributed by atoms with van der Waals surface area (Å²) in [7, 11) is 0. The van der Waals surface area contributed by atoms with E-state index < -0.39 is 0 Å². The summed E-state index contributed by atoms with van der Waals surface area (Å²) < 4.78 is 17.8. The summed E-state index contributed by atoms with van der Waals surface area (Å²) in [4.78, 5) is 14.2. The van der Waals surface area contributed by atoms with Crippen LogP contribution in [0.2, 0.25) is 0 Å². The fraction of sp³-hybridized carbons (Fsp3) is 0.0674. The van der Waals surface area contributed by atoms with Crippen LogP contribution < -0.4 is 0 Å². The number of pyridine rings is 2. The molecule has 12 aromatic carbocycles. The van der Waals surface area contributed by atoms with Gasteiger partial charge in [-0.05, 0) is 158 Å². The van der Waals surface area contributed by atoms with Crippen molar-refractivity contribution >= 4 is 76.5 Å². The minimum absolute atomic E-state index is 0. The molecular weight excluding hydrogens is 1360 g/mol. The molecule has 0 aliphatic heterocycles. The molecule has 0 saturated heterocycles. The van der Waals surface area contributed by atoms with E-state index in [1.54, 1.807) is 0 Å². The van der Waals surface area contributed by atoms with Gasteiger partial charge in [-0.3, -0.25) is 4.98 Å². The van der Waals surface area contributed by atoms with Crippen LogP contribution in [-0.4, -0.2) is 24.1 Å². The number of rotatable bonds is 11. The summed E-state index contributed by atoms with van der Waals surface area (Å²) in [5.41, 5.74) is 24.5. The van der Waals surface area contributed by atoms with Crippen LogP contribution in [0.5, 0.6) is 0 Å². The van der Waals surface area contributed by atoms with Gasteiger partial charge in [-0.15, -0.1) is 89.5 Å². The Kier molecular flexibility index (Phi) is 15.8. The topological polar surface area (TPSA) is 74.8 Å². The Hall–Kier alpha value is -11.5. The molecule has 0 spiro atoms. The van der Waals surface area contributed by atoms with Gasteiger partial charge in [0.1, 0.15) is 16.7 Å². The number of imidazole rings is 1. The van der Waals surface area contributed by atoms with Gasteiger partial charge < -0.3 is 27.9 Å². The van der Waals surface area contributed by atoms with E-state index in [4.69, 9.17) is 13.8 Å². The van der Waals surface area contributed by atoms with Crippen LogP contribution in [0.15, 0.2) is 301 Å². The Labute approximate surface area is 576 Å². The molecule has 6 aromatic heterocycles. The van der Waals surface area contributed by atoms with Crippen LogP contribution in [0.25, 0.3) is 166 Å². The predicted octanol–water partition coefficient (Wildman–Crippen LogP) is 23.7. The number of aromatic nitrogens is 5. The zero-order valence-corrected chi connectivity index (χ0v) is 56.1. The Balaban J connectivity index is 0.000000154. The van der Waals surface area contributed by atoms with Gasteiger partial charge in [-0.2, -0.15) is 0 Å². The first-order valence-corrected chi connectivity index (χ1v) is 32.7. The van der Waals surface area contributed by atoms with Crippen LogP contribution in [0.3, 0.4) is 0 Å². The summed E-state index contributed by atoms with van der Waals surface area (Å²) in [6, 6.07) is 104. The Morgan fingerprint density at radius 3 is 1.88 bits per heavy atom. The molecule has 0 fully saturated rings. The molecule has 0 atom stereocenters. The zero-order valence-electron chi connectivity index (χ0n) is 53.8. The van der Waals surface area contributed by atoms with Gasteiger partial charge in [0.25, 0.3) is 0 Å². The molecule has 0 aliphatic carbocycles. The number of hydrogen-bond donors (Lipinski definition) is 0. The maximum atomic E-state index is 6.85. The number of para-hydroxylation sites is 2. The third-order valence-electron chi connectivity index (χ3n) is 18.7. The Bertz CT molecular complexity index is 5940. The van der Waals surface area contributed by atoms with Crippen molar-refractivity contribution in [3.05, 3.63) is 321 Å². The molecule has 6 heterocycles. The molecule has 0 radical (unpaired) electrons. The third kappa shape index (κ3) is 10.9. The van der Waals surface area contributed by atoms with Crippen LogP contribution >= 0.6 is 0 Å². The smallest absolute Gasteiger partial charge is 0.500 e. The fourth-order valence-corrected chi connectivity index (χ4v) is 14.0. The average Bonchev–Trinajstić information content (AvgIpc) is 1.80. The van der Waals surface area contributed by atoms with Crippen molar-refractivity contribution in [3.8, 4) is 89.8 Å². The van der Waals surface area contributed by atoms with E-state index in [9.17, 15) is 0 Å². The maximum Gasteiger partial charge on any atom is 3.00 e. The van der Waals surface area contributed by atoms with E-state index in [0.29, 0.717) is 0 Å². The van der Waals surface area contributed by atoms with Gasteiger partial charge in [-0.25, -0.2) is 0 Å². The van der Waals surface area contributed by atoms with Crippen LogP contribution in [0.1, 0.15) is 50.7 Å². The molecular formula is C89H62IrN5O2. The van der Waals surface area contributed by atoms with Crippen molar-refractivity contribution in [2.45, 2.75) is 39.5 Å². The largest absolute Gasteiger partial charge is 3.00 e. The van der Waals surface area contributed by atoms with E-state index in [-0.39, 0.29) is 31.9 Å². The number of hydrogen-bond acceptors (Lipinski definition) is 5. The van der Waals surface area contributed by atoms with E-state index >= 15 is 0 Å². The van der Waals surface area contributed by atoms with Crippen molar-refractivity contribution in [1.82, 2.24) is 24.1 Å². The normalized spacial score (nSPS) is 11.6. The molecule has 97 heavy (non-hydrogen) atoms. The van der Waals surface area contributed by atoms with E-state index in [0.717, 1.165) is 133 Å². The second kappa shape index (κ2) is 25.3. The molecule has 7 nitrogen and oxygen atoms in total. The molecule has 18 aromatic rings. The number of nitrogens with zero attached hydrogens (tertiary/aromatic N) is 5. The maximum absolute atomic E-state index is 6.85. The van der Waals surface area contributed by atoms with Crippen molar-refractivity contribution < 1.29 is 28.9 Å². The average molecular weight is 1430 g/mol. The summed E-state index contributed by atoms with van der Waals surface area (Å²) in [5, 5.41) is 9.07. The van der Waals surface area contributed by atoms with Gasteiger partial charge >= 0.3 is 20.1 Å². The zero-order chi connectivity index (χ0) is 64.4. The number of furan rings is 2.